The highest BCUT2D eigenvalue weighted by atomic mass is 79.9. The van der Waals surface area contributed by atoms with Crippen molar-refractivity contribution in [2.75, 3.05) is 5.32 Å². The van der Waals surface area contributed by atoms with Gasteiger partial charge in [-0.05, 0) is 53.6 Å². The van der Waals surface area contributed by atoms with E-state index in [1.165, 1.54) is 6.07 Å². The maximum atomic E-state index is 12.8. The first-order valence-electron chi connectivity index (χ1n) is 8.25. The zero-order valence-electron chi connectivity index (χ0n) is 14.6. The maximum absolute atomic E-state index is 12.8. The maximum Gasteiger partial charge on any atom is 0.336 e. The Kier molecular flexibility index (Phi) is 5.56. The number of nitrogens with two attached hydrogens (primary N) is 1. The number of anilines is 1. The third-order valence-electron chi connectivity index (χ3n) is 4.13. The van der Waals surface area contributed by atoms with Crippen LogP contribution in [-0.4, -0.2) is 22.8 Å². The van der Waals surface area contributed by atoms with Crippen molar-refractivity contribution in [2.24, 2.45) is 5.73 Å². The van der Waals surface area contributed by atoms with Crippen LogP contribution in [0.15, 0.2) is 71.2 Å². The van der Waals surface area contributed by atoms with Gasteiger partial charge in [-0.1, -0.05) is 40.2 Å². The standard InChI is InChI=1S/C21H16BrN3O3/c22-13-7-10-16(18(11-13)21(27)28)15-3-1-2-4-17(15)20(26)25-14-8-5-12(6-9-14)19(23)24/h1-11H,(H3,23,24)(H,25,26)(H,27,28). The topological polar surface area (TPSA) is 116 Å². The van der Waals surface area contributed by atoms with Crippen LogP contribution in [0.25, 0.3) is 11.1 Å². The minimum absolute atomic E-state index is 0.0559. The lowest BCUT2D eigenvalue weighted by Gasteiger charge is -2.13. The van der Waals surface area contributed by atoms with Crippen LogP contribution in [0.1, 0.15) is 26.3 Å². The summed E-state index contributed by atoms with van der Waals surface area (Å²) in [6, 6.07) is 18.3. The number of halogens is 1. The highest BCUT2D eigenvalue weighted by Gasteiger charge is 2.18. The molecule has 0 radical (unpaired) electrons. The first kappa shape index (κ1) is 19.3. The lowest BCUT2D eigenvalue weighted by Crippen LogP contribution is -2.14. The molecule has 3 aromatic rings. The quantitative estimate of drug-likeness (QED) is 0.350. The number of nitrogens with one attached hydrogen (secondary N) is 2. The monoisotopic (exact) mass is 437 g/mol. The first-order valence-corrected chi connectivity index (χ1v) is 9.04. The molecule has 0 saturated heterocycles. The Bertz CT molecular complexity index is 1080. The normalized spacial score (nSPS) is 10.3. The second-order valence-corrected chi connectivity index (χ2v) is 6.90. The van der Waals surface area contributed by atoms with Crippen molar-refractivity contribution in [3.63, 3.8) is 0 Å². The number of benzene rings is 3. The molecule has 7 heteroatoms. The van der Waals surface area contributed by atoms with Crippen molar-refractivity contribution in [1.29, 1.82) is 5.41 Å². The number of carbonyl (C=O) groups excluding carboxylic acids is 1. The molecule has 6 nitrogen and oxygen atoms in total. The summed E-state index contributed by atoms with van der Waals surface area (Å²) in [6.07, 6.45) is 0. The van der Waals surface area contributed by atoms with E-state index in [-0.39, 0.29) is 17.3 Å². The Morgan fingerprint density at radius 2 is 1.57 bits per heavy atom. The van der Waals surface area contributed by atoms with E-state index in [9.17, 15) is 14.7 Å². The number of carboxylic acid groups (broad SMARTS) is 1. The van der Waals surface area contributed by atoms with Gasteiger partial charge in [0.05, 0.1) is 5.56 Å². The number of nitrogen functional groups attached to an aromatic ring is 1. The van der Waals surface area contributed by atoms with Gasteiger partial charge >= 0.3 is 5.97 Å². The van der Waals surface area contributed by atoms with Crippen LogP contribution in [0.2, 0.25) is 0 Å². The van der Waals surface area contributed by atoms with E-state index in [1.807, 2.05) is 0 Å². The zero-order chi connectivity index (χ0) is 20.3. The molecular formula is C21H16BrN3O3. The highest BCUT2D eigenvalue weighted by Crippen LogP contribution is 2.30. The molecular weight excluding hydrogens is 422 g/mol. The zero-order valence-corrected chi connectivity index (χ0v) is 16.2. The third kappa shape index (κ3) is 4.10. The summed E-state index contributed by atoms with van der Waals surface area (Å²) in [7, 11) is 0. The molecule has 5 N–H and O–H groups in total. The number of amidine groups is 1. The van der Waals surface area contributed by atoms with Crippen molar-refractivity contribution in [2.45, 2.75) is 0 Å². The number of amides is 1. The van der Waals surface area contributed by atoms with E-state index in [1.54, 1.807) is 60.7 Å². The Morgan fingerprint density at radius 3 is 2.21 bits per heavy atom. The minimum atomic E-state index is -1.08. The number of hydrogen-bond acceptors (Lipinski definition) is 3. The van der Waals surface area contributed by atoms with Gasteiger partial charge < -0.3 is 16.2 Å². The summed E-state index contributed by atoms with van der Waals surface area (Å²) < 4.78 is 0.640. The number of hydrogen-bond donors (Lipinski definition) is 4. The van der Waals surface area contributed by atoms with Crippen molar-refractivity contribution >= 4 is 39.3 Å². The number of aromatic carboxylic acids is 1. The first-order chi connectivity index (χ1) is 13.4. The second kappa shape index (κ2) is 8.06. The van der Waals surface area contributed by atoms with Crippen LogP contribution in [0.5, 0.6) is 0 Å². The molecule has 0 aliphatic carbocycles. The van der Waals surface area contributed by atoms with Crippen molar-refractivity contribution < 1.29 is 14.7 Å². The summed E-state index contributed by atoms with van der Waals surface area (Å²) in [5.41, 5.74) is 7.95. The average molecular weight is 438 g/mol. The van der Waals surface area contributed by atoms with Crippen molar-refractivity contribution in [3.05, 3.63) is 87.9 Å². The van der Waals surface area contributed by atoms with Crippen molar-refractivity contribution in [3.8, 4) is 11.1 Å². The second-order valence-electron chi connectivity index (χ2n) is 5.99. The van der Waals surface area contributed by atoms with E-state index in [2.05, 4.69) is 21.2 Å². The van der Waals surface area contributed by atoms with Crippen LogP contribution in [0.3, 0.4) is 0 Å². The molecule has 28 heavy (non-hydrogen) atoms. The molecule has 0 atom stereocenters. The van der Waals surface area contributed by atoms with Crippen LogP contribution in [0.4, 0.5) is 5.69 Å². The van der Waals surface area contributed by atoms with Gasteiger partial charge in [0, 0.05) is 21.3 Å². The Balaban J connectivity index is 1.98. The number of carboxylic acids is 1. The fourth-order valence-corrected chi connectivity index (χ4v) is 3.14. The molecule has 0 bridgehead atoms. The SMILES string of the molecule is N=C(N)c1ccc(NC(=O)c2ccccc2-c2ccc(Br)cc2C(=O)O)cc1. The molecule has 0 aromatic heterocycles. The van der Waals surface area contributed by atoms with Gasteiger partial charge in [-0.15, -0.1) is 0 Å². The molecule has 0 aliphatic rings. The number of rotatable bonds is 5. The molecule has 0 fully saturated rings. The largest absolute Gasteiger partial charge is 0.478 e. The van der Waals surface area contributed by atoms with Crippen LogP contribution < -0.4 is 11.1 Å². The van der Waals surface area contributed by atoms with E-state index in [4.69, 9.17) is 11.1 Å². The van der Waals surface area contributed by atoms with E-state index in [0.29, 0.717) is 32.4 Å². The summed E-state index contributed by atoms with van der Waals surface area (Å²) in [5, 5.41) is 19.7. The van der Waals surface area contributed by atoms with E-state index < -0.39 is 5.97 Å². The van der Waals surface area contributed by atoms with Gasteiger partial charge in [-0.2, -0.15) is 0 Å². The lowest BCUT2D eigenvalue weighted by atomic mass is 9.95. The van der Waals surface area contributed by atoms with Crippen LogP contribution >= 0.6 is 15.9 Å². The van der Waals surface area contributed by atoms with Gasteiger partial charge in [0.2, 0.25) is 0 Å². The average Bonchev–Trinajstić information content (AvgIpc) is 2.68. The predicted octanol–water partition coefficient (Wildman–Crippen LogP) is 4.35. The molecule has 0 saturated carbocycles. The van der Waals surface area contributed by atoms with Gasteiger partial charge in [0.15, 0.2) is 0 Å². The fourth-order valence-electron chi connectivity index (χ4n) is 2.78. The lowest BCUT2D eigenvalue weighted by molar-refractivity contribution is 0.0697. The predicted molar refractivity (Wildman–Crippen MR) is 112 cm³/mol. The summed E-state index contributed by atoms with van der Waals surface area (Å²) in [6.45, 7) is 0. The molecule has 0 aliphatic heterocycles. The summed E-state index contributed by atoms with van der Waals surface area (Å²) >= 11 is 3.28. The molecule has 0 heterocycles. The summed E-state index contributed by atoms with van der Waals surface area (Å²) in [4.78, 5) is 24.5. The molecule has 140 valence electrons. The Hall–Kier alpha value is -3.45. The van der Waals surface area contributed by atoms with Crippen LogP contribution in [0, 0.1) is 5.41 Å². The van der Waals surface area contributed by atoms with Crippen molar-refractivity contribution in [1.82, 2.24) is 0 Å². The molecule has 3 rings (SSSR count). The molecule has 0 unspecified atom stereocenters. The molecule has 0 spiro atoms. The Morgan fingerprint density at radius 1 is 0.929 bits per heavy atom. The van der Waals surface area contributed by atoms with Gasteiger partial charge in [0.25, 0.3) is 5.91 Å². The van der Waals surface area contributed by atoms with Crippen LogP contribution in [-0.2, 0) is 0 Å². The minimum Gasteiger partial charge on any atom is -0.478 e. The number of carbonyl (C=O) groups is 2. The Labute approximate surface area is 169 Å². The van der Waals surface area contributed by atoms with Gasteiger partial charge in [-0.3, -0.25) is 10.2 Å². The smallest absolute Gasteiger partial charge is 0.336 e. The highest BCUT2D eigenvalue weighted by molar-refractivity contribution is 9.10. The molecule has 1 amide bonds. The summed E-state index contributed by atoms with van der Waals surface area (Å²) in [5.74, 6) is -1.50. The van der Waals surface area contributed by atoms with Gasteiger partial charge in [0.1, 0.15) is 5.84 Å². The van der Waals surface area contributed by atoms with E-state index in [0.717, 1.165) is 0 Å². The third-order valence-corrected chi connectivity index (χ3v) is 4.62. The van der Waals surface area contributed by atoms with Gasteiger partial charge in [-0.25, -0.2) is 4.79 Å². The van der Waals surface area contributed by atoms with E-state index >= 15 is 0 Å². The fraction of sp³-hybridized carbons (Fsp3) is 0. The molecule has 3 aromatic carbocycles.